The first-order chi connectivity index (χ1) is 8.53. The van der Waals surface area contributed by atoms with Crippen LogP contribution in [0.25, 0.3) is 0 Å². The van der Waals surface area contributed by atoms with E-state index in [0.29, 0.717) is 6.54 Å². The van der Waals surface area contributed by atoms with Crippen molar-refractivity contribution < 1.29 is 8.42 Å². The van der Waals surface area contributed by atoms with Crippen LogP contribution in [0.5, 0.6) is 0 Å². The van der Waals surface area contributed by atoms with Crippen LogP contribution in [0.4, 0.5) is 0 Å². The second kappa shape index (κ2) is 7.54. The number of benzene rings is 1. The maximum Gasteiger partial charge on any atom is 0.211 e. The molecule has 0 spiro atoms. The minimum atomic E-state index is -3.06. The molecule has 3 nitrogen and oxygen atoms in total. The Balaban J connectivity index is 2.26. The summed E-state index contributed by atoms with van der Waals surface area (Å²) in [5.41, 5.74) is 2.51. The predicted octanol–water partition coefficient (Wildman–Crippen LogP) is 2.65. The lowest BCUT2D eigenvalue weighted by molar-refractivity contribution is 0.575. The summed E-state index contributed by atoms with van der Waals surface area (Å²) in [6.07, 6.45) is 3.39. The van der Waals surface area contributed by atoms with E-state index in [4.69, 9.17) is 0 Å². The molecule has 1 aromatic carbocycles. The van der Waals surface area contributed by atoms with Crippen LogP contribution in [0, 0.1) is 6.92 Å². The molecule has 0 heterocycles. The van der Waals surface area contributed by atoms with Crippen molar-refractivity contribution in [1.82, 2.24) is 4.72 Å². The number of nitrogens with one attached hydrogen (secondary N) is 1. The number of unbranched alkanes of at least 4 members (excludes halogenated alkanes) is 1. The van der Waals surface area contributed by atoms with Gasteiger partial charge in [-0.3, -0.25) is 0 Å². The third-order valence-electron chi connectivity index (χ3n) is 2.81. The van der Waals surface area contributed by atoms with Crippen LogP contribution in [-0.4, -0.2) is 20.7 Å². The highest BCUT2D eigenvalue weighted by Crippen LogP contribution is 2.06. The minimum absolute atomic E-state index is 0.244. The average Bonchev–Trinajstić information content (AvgIpc) is 2.32. The second-order valence-corrected chi connectivity index (χ2v) is 6.59. The van der Waals surface area contributed by atoms with E-state index in [1.807, 2.05) is 13.0 Å². The molecule has 0 atom stereocenters. The van der Waals surface area contributed by atoms with Gasteiger partial charge in [0.15, 0.2) is 0 Å². The Morgan fingerprint density at radius 2 is 2.00 bits per heavy atom. The zero-order chi connectivity index (χ0) is 13.4. The van der Waals surface area contributed by atoms with Gasteiger partial charge in [-0.15, -0.1) is 0 Å². The maximum absolute atomic E-state index is 11.5. The van der Waals surface area contributed by atoms with Gasteiger partial charge < -0.3 is 0 Å². The van der Waals surface area contributed by atoms with Crippen molar-refractivity contribution in [2.24, 2.45) is 0 Å². The van der Waals surface area contributed by atoms with E-state index in [0.717, 1.165) is 25.7 Å². The SMILES string of the molecule is CCCCS(=O)(=O)NCCCc1cccc(C)c1. The highest BCUT2D eigenvalue weighted by Gasteiger charge is 2.07. The minimum Gasteiger partial charge on any atom is -0.215 e. The second-order valence-electron chi connectivity index (χ2n) is 4.66. The van der Waals surface area contributed by atoms with Gasteiger partial charge in [0, 0.05) is 6.54 Å². The van der Waals surface area contributed by atoms with Crippen LogP contribution in [0.1, 0.15) is 37.3 Å². The average molecular weight is 269 g/mol. The van der Waals surface area contributed by atoms with E-state index in [1.54, 1.807) is 0 Å². The predicted molar refractivity (Wildman–Crippen MR) is 76.2 cm³/mol. The van der Waals surface area contributed by atoms with Gasteiger partial charge in [0.05, 0.1) is 5.75 Å². The zero-order valence-electron chi connectivity index (χ0n) is 11.3. The molecule has 0 aliphatic rings. The summed E-state index contributed by atoms with van der Waals surface area (Å²) in [5.74, 6) is 0.244. The van der Waals surface area contributed by atoms with Crippen LogP contribution in [-0.2, 0) is 16.4 Å². The Labute approximate surface area is 111 Å². The topological polar surface area (TPSA) is 46.2 Å². The molecule has 0 aliphatic carbocycles. The van der Waals surface area contributed by atoms with Gasteiger partial charge in [0.25, 0.3) is 0 Å². The first-order valence-electron chi connectivity index (χ1n) is 6.56. The van der Waals surface area contributed by atoms with Gasteiger partial charge >= 0.3 is 0 Å². The van der Waals surface area contributed by atoms with Crippen LogP contribution in [0.2, 0.25) is 0 Å². The summed E-state index contributed by atoms with van der Waals surface area (Å²) in [6, 6.07) is 8.33. The highest BCUT2D eigenvalue weighted by molar-refractivity contribution is 7.89. The van der Waals surface area contributed by atoms with Crippen LogP contribution < -0.4 is 4.72 Å². The van der Waals surface area contributed by atoms with Crippen molar-refractivity contribution >= 4 is 10.0 Å². The van der Waals surface area contributed by atoms with E-state index < -0.39 is 10.0 Å². The lowest BCUT2D eigenvalue weighted by Crippen LogP contribution is -2.27. The summed E-state index contributed by atoms with van der Waals surface area (Å²) in [6.45, 7) is 4.59. The molecule has 0 aliphatic heterocycles. The molecule has 0 fully saturated rings. The van der Waals surface area contributed by atoms with Crippen molar-refractivity contribution in [3.05, 3.63) is 35.4 Å². The van der Waals surface area contributed by atoms with Crippen LogP contribution in [0.3, 0.4) is 0 Å². The number of rotatable bonds is 8. The molecule has 0 saturated carbocycles. The lowest BCUT2D eigenvalue weighted by Gasteiger charge is -2.06. The number of hydrogen-bond donors (Lipinski definition) is 1. The normalized spacial score (nSPS) is 11.7. The Kier molecular flexibility index (Phi) is 6.36. The molecule has 1 rings (SSSR count). The Hall–Kier alpha value is -0.870. The molecule has 4 heteroatoms. The smallest absolute Gasteiger partial charge is 0.211 e. The van der Waals surface area contributed by atoms with E-state index in [2.05, 4.69) is 29.8 Å². The molecule has 18 heavy (non-hydrogen) atoms. The Morgan fingerprint density at radius 1 is 1.22 bits per heavy atom. The summed E-state index contributed by atoms with van der Waals surface area (Å²) in [4.78, 5) is 0. The molecular formula is C14H23NO2S. The summed E-state index contributed by atoms with van der Waals surface area (Å²) in [7, 11) is -3.06. The largest absolute Gasteiger partial charge is 0.215 e. The van der Waals surface area contributed by atoms with Gasteiger partial charge in [-0.2, -0.15) is 0 Å². The summed E-state index contributed by atoms with van der Waals surface area (Å²) < 4.78 is 25.7. The standard InChI is InChI=1S/C14H23NO2S/c1-3-4-11-18(16,17)15-10-6-9-14-8-5-7-13(2)12-14/h5,7-8,12,15H,3-4,6,9-11H2,1-2H3. The molecule has 0 saturated heterocycles. The molecule has 1 N–H and O–H groups in total. The summed E-state index contributed by atoms with van der Waals surface area (Å²) in [5, 5.41) is 0. The Bertz CT molecular complexity index is 455. The third kappa shape index (κ3) is 6.17. The molecule has 0 radical (unpaired) electrons. The lowest BCUT2D eigenvalue weighted by atomic mass is 10.1. The van der Waals surface area contributed by atoms with Gasteiger partial charge in [-0.1, -0.05) is 43.2 Å². The molecule has 0 amide bonds. The molecular weight excluding hydrogens is 246 g/mol. The third-order valence-corrected chi connectivity index (χ3v) is 4.28. The first-order valence-corrected chi connectivity index (χ1v) is 8.21. The number of sulfonamides is 1. The maximum atomic E-state index is 11.5. The number of hydrogen-bond acceptors (Lipinski definition) is 2. The first kappa shape index (κ1) is 15.2. The van der Waals surface area contributed by atoms with Gasteiger partial charge in [-0.05, 0) is 31.7 Å². The van der Waals surface area contributed by atoms with Gasteiger partial charge in [0.2, 0.25) is 10.0 Å². The molecule has 0 bridgehead atoms. The van der Waals surface area contributed by atoms with Crippen molar-refractivity contribution in [2.45, 2.75) is 39.5 Å². The highest BCUT2D eigenvalue weighted by atomic mass is 32.2. The van der Waals surface area contributed by atoms with Crippen LogP contribution >= 0.6 is 0 Å². The molecule has 1 aromatic rings. The fraction of sp³-hybridized carbons (Fsp3) is 0.571. The molecule has 0 aromatic heterocycles. The Morgan fingerprint density at radius 3 is 2.67 bits per heavy atom. The van der Waals surface area contributed by atoms with Crippen LogP contribution in [0.15, 0.2) is 24.3 Å². The van der Waals surface area contributed by atoms with E-state index in [9.17, 15) is 8.42 Å². The zero-order valence-corrected chi connectivity index (χ0v) is 12.1. The van der Waals surface area contributed by atoms with E-state index >= 15 is 0 Å². The fourth-order valence-electron chi connectivity index (χ4n) is 1.79. The van der Waals surface area contributed by atoms with Crippen molar-refractivity contribution in [3.63, 3.8) is 0 Å². The molecule has 102 valence electrons. The number of aryl methyl sites for hydroxylation is 2. The van der Waals surface area contributed by atoms with Gasteiger partial charge in [-0.25, -0.2) is 13.1 Å². The molecule has 0 unspecified atom stereocenters. The quantitative estimate of drug-likeness (QED) is 0.737. The fourth-order valence-corrected chi connectivity index (χ4v) is 3.06. The van der Waals surface area contributed by atoms with Crippen molar-refractivity contribution in [2.75, 3.05) is 12.3 Å². The van der Waals surface area contributed by atoms with Crippen molar-refractivity contribution in [1.29, 1.82) is 0 Å². The van der Waals surface area contributed by atoms with E-state index in [1.165, 1.54) is 11.1 Å². The monoisotopic (exact) mass is 269 g/mol. The van der Waals surface area contributed by atoms with E-state index in [-0.39, 0.29) is 5.75 Å². The van der Waals surface area contributed by atoms with Crippen molar-refractivity contribution in [3.8, 4) is 0 Å². The summed E-state index contributed by atoms with van der Waals surface area (Å²) >= 11 is 0. The van der Waals surface area contributed by atoms with Gasteiger partial charge in [0.1, 0.15) is 0 Å².